The number of hydrogen-bond donors (Lipinski definition) is 2. The van der Waals surface area contributed by atoms with E-state index >= 15 is 0 Å². The minimum atomic E-state index is -4.60. The zero-order chi connectivity index (χ0) is 25.4. The second kappa shape index (κ2) is 9.18. The van der Waals surface area contributed by atoms with Crippen molar-refractivity contribution in [1.29, 1.82) is 0 Å². The number of anilines is 1. The Hall–Kier alpha value is -4.07. The smallest absolute Gasteiger partial charge is 0.417 e. The fourth-order valence-electron chi connectivity index (χ4n) is 3.94. The summed E-state index contributed by atoms with van der Waals surface area (Å²) in [6, 6.07) is 7.36. The van der Waals surface area contributed by atoms with Crippen molar-refractivity contribution in [1.82, 2.24) is 35.2 Å². The highest BCUT2D eigenvalue weighted by atomic mass is 32.1. The highest BCUT2D eigenvalue weighted by Crippen LogP contribution is 2.44. The van der Waals surface area contributed by atoms with Gasteiger partial charge in [-0.1, -0.05) is 0 Å². The number of methoxy groups -OCH3 is 1. The summed E-state index contributed by atoms with van der Waals surface area (Å²) in [5.41, 5.74) is 0.718. The molecule has 2 N–H and O–H groups in total. The van der Waals surface area contributed by atoms with Crippen LogP contribution in [0.4, 0.5) is 23.4 Å². The molecule has 0 saturated heterocycles. The van der Waals surface area contributed by atoms with Crippen molar-refractivity contribution in [2.45, 2.75) is 19.6 Å². The number of tetrazole rings is 1. The molecule has 0 saturated carbocycles. The number of halogens is 4. The fourth-order valence-corrected chi connectivity index (χ4v) is 5.02. The molecule has 1 aromatic carbocycles. The van der Waals surface area contributed by atoms with E-state index in [9.17, 15) is 17.6 Å². The van der Waals surface area contributed by atoms with Gasteiger partial charge < -0.3 is 14.6 Å². The summed E-state index contributed by atoms with van der Waals surface area (Å²) >= 11 is 0.856. The lowest BCUT2D eigenvalue weighted by Crippen LogP contribution is -2.13. The second-order valence-corrected chi connectivity index (χ2v) is 8.80. The quantitative estimate of drug-likeness (QED) is 0.294. The first-order chi connectivity index (χ1) is 17.3. The number of aromatic amines is 1. The third kappa shape index (κ3) is 4.34. The van der Waals surface area contributed by atoms with E-state index in [4.69, 9.17) is 4.74 Å². The molecule has 0 spiro atoms. The first-order valence-corrected chi connectivity index (χ1v) is 11.4. The number of aromatic nitrogens is 7. The fraction of sp³-hybridized carbons (Fsp3) is 0.227. The number of aryl methyl sites for hydroxylation is 1. The number of H-pyrrole nitrogens is 1. The maximum Gasteiger partial charge on any atom is 0.417 e. The van der Waals surface area contributed by atoms with Gasteiger partial charge in [-0.2, -0.15) is 18.4 Å². The van der Waals surface area contributed by atoms with Gasteiger partial charge >= 0.3 is 6.18 Å². The zero-order valence-electron chi connectivity index (χ0n) is 18.9. The lowest BCUT2D eigenvalue weighted by atomic mass is 10.2. The maximum atomic E-state index is 14.6. The van der Waals surface area contributed by atoms with Crippen molar-refractivity contribution in [3.05, 3.63) is 53.7 Å². The molecule has 36 heavy (non-hydrogen) atoms. The van der Waals surface area contributed by atoms with Gasteiger partial charge in [0.2, 0.25) is 5.82 Å². The number of benzene rings is 1. The molecule has 0 aliphatic carbocycles. The number of alkyl halides is 3. The van der Waals surface area contributed by atoms with Crippen LogP contribution in [0.1, 0.15) is 11.3 Å². The van der Waals surface area contributed by atoms with Gasteiger partial charge in [-0.05, 0) is 36.4 Å². The molecule has 0 amide bonds. The molecule has 0 bridgehead atoms. The first kappa shape index (κ1) is 23.7. The van der Waals surface area contributed by atoms with Crippen molar-refractivity contribution in [3.63, 3.8) is 0 Å². The standard InChI is InChI=1S/C22H18F4N8OS/c1-11-7-12-16(35-2)4-3-14(23)19(12)34(11)6-5-27-18-9-15(28-10-29-18)17-8-13(22(24,25)26)20(36-17)21-30-32-33-31-21/h3-4,7-10H,5-6H2,1-2H3,(H,27,28,29)(H,30,31,32,33). The number of hydrogen-bond acceptors (Lipinski definition) is 8. The summed E-state index contributed by atoms with van der Waals surface area (Å²) in [4.78, 5) is 8.40. The van der Waals surface area contributed by atoms with Gasteiger partial charge in [0, 0.05) is 30.2 Å². The Kier molecular flexibility index (Phi) is 6.04. The third-order valence-electron chi connectivity index (χ3n) is 5.54. The largest absolute Gasteiger partial charge is 0.496 e. The van der Waals surface area contributed by atoms with Crippen LogP contribution in [0, 0.1) is 12.7 Å². The van der Waals surface area contributed by atoms with Crippen LogP contribution in [-0.4, -0.2) is 48.8 Å². The minimum Gasteiger partial charge on any atom is -0.496 e. The molecule has 186 valence electrons. The summed E-state index contributed by atoms with van der Waals surface area (Å²) < 4.78 is 62.6. The average molecular weight is 519 g/mol. The molecular formula is C22H18F4N8OS. The zero-order valence-corrected chi connectivity index (χ0v) is 19.7. The Morgan fingerprint density at radius 2 is 2.00 bits per heavy atom. The Bertz CT molecular complexity index is 1530. The van der Waals surface area contributed by atoms with Crippen LogP contribution in [0.3, 0.4) is 0 Å². The molecule has 0 atom stereocenters. The molecule has 5 aromatic rings. The number of nitrogens with zero attached hydrogens (tertiary/aromatic N) is 6. The number of fused-ring (bicyclic) bond motifs is 1. The number of nitrogens with one attached hydrogen (secondary N) is 2. The number of thiophene rings is 1. The molecule has 0 aliphatic heterocycles. The molecular weight excluding hydrogens is 500 g/mol. The van der Waals surface area contributed by atoms with Crippen molar-refractivity contribution >= 4 is 28.1 Å². The Morgan fingerprint density at radius 3 is 2.72 bits per heavy atom. The van der Waals surface area contributed by atoms with E-state index in [-0.39, 0.29) is 21.4 Å². The Morgan fingerprint density at radius 1 is 1.17 bits per heavy atom. The predicted octanol–water partition coefficient (Wildman–Crippen LogP) is 4.93. The van der Waals surface area contributed by atoms with E-state index in [2.05, 4.69) is 35.9 Å². The summed E-state index contributed by atoms with van der Waals surface area (Å²) in [6.07, 6.45) is -3.34. The third-order valence-corrected chi connectivity index (χ3v) is 6.70. The second-order valence-electron chi connectivity index (χ2n) is 7.75. The van der Waals surface area contributed by atoms with Crippen LogP contribution in [0.5, 0.6) is 5.75 Å². The summed E-state index contributed by atoms with van der Waals surface area (Å²) in [7, 11) is 1.53. The molecule has 0 fully saturated rings. The SMILES string of the molecule is COc1ccc(F)c2c1cc(C)n2CCNc1cc(-c2cc(C(F)(F)F)c(-c3nn[nH]n3)s2)ncn1. The highest BCUT2D eigenvalue weighted by Gasteiger charge is 2.37. The predicted molar refractivity (Wildman–Crippen MR) is 125 cm³/mol. The van der Waals surface area contributed by atoms with E-state index in [0.717, 1.165) is 23.1 Å². The van der Waals surface area contributed by atoms with Gasteiger partial charge in [-0.3, -0.25) is 0 Å². The number of ether oxygens (including phenoxy) is 1. The van der Waals surface area contributed by atoms with Gasteiger partial charge in [0.25, 0.3) is 0 Å². The van der Waals surface area contributed by atoms with Crippen LogP contribution >= 0.6 is 11.3 Å². The van der Waals surface area contributed by atoms with E-state index in [1.807, 2.05) is 17.6 Å². The maximum absolute atomic E-state index is 14.6. The minimum absolute atomic E-state index is 0.149. The Labute approximate surface area is 205 Å². The van der Waals surface area contributed by atoms with E-state index < -0.39 is 11.7 Å². The van der Waals surface area contributed by atoms with Crippen molar-refractivity contribution in [2.24, 2.45) is 0 Å². The molecule has 14 heteroatoms. The molecule has 5 rings (SSSR count). The topological polar surface area (TPSA) is 106 Å². The van der Waals surface area contributed by atoms with Crippen molar-refractivity contribution < 1.29 is 22.3 Å². The molecule has 4 heterocycles. The van der Waals surface area contributed by atoms with Crippen LogP contribution < -0.4 is 10.1 Å². The van der Waals surface area contributed by atoms with Gasteiger partial charge in [-0.15, -0.1) is 21.5 Å². The van der Waals surface area contributed by atoms with E-state index in [1.165, 1.54) is 19.5 Å². The summed E-state index contributed by atoms with van der Waals surface area (Å²) in [5.74, 6) is 0.481. The lowest BCUT2D eigenvalue weighted by Gasteiger charge is -2.11. The van der Waals surface area contributed by atoms with Gasteiger partial charge in [0.1, 0.15) is 23.7 Å². The monoisotopic (exact) mass is 518 g/mol. The molecule has 9 nitrogen and oxygen atoms in total. The van der Waals surface area contributed by atoms with Gasteiger partial charge in [0.15, 0.2) is 0 Å². The van der Waals surface area contributed by atoms with Crippen LogP contribution in [0.2, 0.25) is 0 Å². The summed E-state index contributed by atoms with van der Waals surface area (Å²) in [5, 5.41) is 16.7. The molecule has 0 aliphatic rings. The van der Waals surface area contributed by atoms with E-state index in [1.54, 1.807) is 12.1 Å². The van der Waals surface area contributed by atoms with E-state index in [0.29, 0.717) is 41.3 Å². The first-order valence-electron chi connectivity index (χ1n) is 10.6. The van der Waals surface area contributed by atoms with Gasteiger partial charge in [-0.25, -0.2) is 14.4 Å². The molecule has 0 radical (unpaired) electrons. The van der Waals surface area contributed by atoms with Crippen LogP contribution in [-0.2, 0) is 12.7 Å². The van der Waals surface area contributed by atoms with Gasteiger partial charge in [0.05, 0.1) is 33.6 Å². The average Bonchev–Trinajstić information content (AvgIpc) is 3.58. The van der Waals surface area contributed by atoms with Crippen LogP contribution in [0.25, 0.3) is 32.2 Å². The highest BCUT2D eigenvalue weighted by molar-refractivity contribution is 7.19. The molecule has 0 unspecified atom stereocenters. The number of rotatable bonds is 7. The van der Waals surface area contributed by atoms with Crippen molar-refractivity contribution in [2.75, 3.05) is 19.0 Å². The lowest BCUT2D eigenvalue weighted by molar-refractivity contribution is -0.136. The van der Waals surface area contributed by atoms with Crippen LogP contribution in [0.15, 0.2) is 36.7 Å². The summed E-state index contributed by atoms with van der Waals surface area (Å²) in [6.45, 7) is 2.67. The Balaban J connectivity index is 1.38. The van der Waals surface area contributed by atoms with Crippen molar-refractivity contribution in [3.8, 4) is 27.0 Å². The molecule has 4 aromatic heterocycles. The normalized spacial score (nSPS) is 11.8.